The molecule has 4 nitrogen and oxygen atoms in total. The van der Waals surface area contributed by atoms with E-state index in [1.807, 2.05) is 20.8 Å². The fourth-order valence-corrected chi connectivity index (χ4v) is 1.45. The molecule has 0 fully saturated rings. The van der Waals surface area contributed by atoms with Crippen LogP contribution in [0.25, 0.3) is 0 Å². The summed E-state index contributed by atoms with van der Waals surface area (Å²) in [4.78, 5) is 22.2. The number of ether oxygens (including phenoxy) is 1. The topological polar surface area (TPSA) is 55.4 Å². The van der Waals surface area contributed by atoms with E-state index in [1.54, 1.807) is 0 Å². The number of amides is 1. The van der Waals surface area contributed by atoms with Gasteiger partial charge in [0, 0.05) is 18.0 Å². The van der Waals surface area contributed by atoms with E-state index in [1.165, 1.54) is 0 Å². The van der Waals surface area contributed by atoms with Crippen molar-refractivity contribution >= 4 is 11.9 Å². The van der Waals surface area contributed by atoms with Gasteiger partial charge in [0.05, 0.1) is 6.61 Å². The third-order valence-corrected chi connectivity index (χ3v) is 2.22. The second kappa shape index (κ2) is 8.72. The zero-order chi connectivity index (χ0) is 14.0. The average Bonchev–Trinajstić information content (AvgIpc) is 2.25. The smallest absolute Gasteiger partial charge is 0.330 e. The third-order valence-electron chi connectivity index (χ3n) is 2.22. The molecule has 0 aromatic rings. The van der Waals surface area contributed by atoms with Crippen LogP contribution in [0.2, 0.25) is 0 Å². The molecular weight excluding hydrogens is 230 g/mol. The molecule has 104 valence electrons. The van der Waals surface area contributed by atoms with Crippen LogP contribution in [0.5, 0.6) is 0 Å². The SMILES string of the molecule is C=CC(=O)OCCCCCCC(=O)NC(C)(C)C. The molecule has 0 bridgehead atoms. The Morgan fingerprint density at radius 2 is 1.78 bits per heavy atom. The molecule has 1 amide bonds. The minimum Gasteiger partial charge on any atom is -0.463 e. The zero-order valence-corrected chi connectivity index (χ0v) is 11.8. The Morgan fingerprint density at radius 3 is 2.33 bits per heavy atom. The summed E-state index contributed by atoms with van der Waals surface area (Å²) in [7, 11) is 0. The molecule has 0 aromatic heterocycles. The van der Waals surface area contributed by atoms with Crippen molar-refractivity contribution in [1.29, 1.82) is 0 Å². The van der Waals surface area contributed by atoms with E-state index in [9.17, 15) is 9.59 Å². The van der Waals surface area contributed by atoms with Crippen molar-refractivity contribution in [1.82, 2.24) is 5.32 Å². The number of carbonyl (C=O) groups is 2. The first-order chi connectivity index (χ1) is 8.35. The quantitative estimate of drug-likeness (QED) is 0.412. The summed E-state index contributed by atoms with van der Waals surface area (Å²) in [6, 6.07) is 0. The van der Waals surface area contributed by atoms with Crippen LogP contribution in [0.3, 0.4) is 0 Å². The maximum Gasteiger partial charge on any atom is 0.330 e. The maximum absolute atomic E-state index is 11.5. The molecule has 0 aliphatic heterocycles. The summed E-state index contributed by atoms with van der Waals surface area (Å²) in [6.45, 7) is 9.66. The molecule has 0 heterocycles. The fourth-order valence-electron chi connectivity index (χ4n) is 1.45. The number of nitrogens with one attached hydrogen (secondary N) is 1. The Morgan fingerprint density at radius 1 is 1.17 bits per heavy atom. The lowest BCUT2D eigenvalue weighted by Crippen LogP contribution is -2.40. The van der Waals surface area contributed by atoms with Crippen molar-refractivity contribution in [3.05, 3.63) is 12.7 Å². The number of esters is 1. The van der Waals surface area contributed by atoms with Crippen molar-refractivity contribution in [3.8, 4) is 0 Å². The van der Waals surface area contributed by atoms with Crippen molar-refractivity contribution < 1.29 is 14.3 Å². The van der Waals surface area contributed by atoms with Crippen molar-refractivity contribution in [2.45, 2.75) is 58.4 Å². The monoisotopic (exact) mass is 255 g/mol. The highest BCUT2D eigenvalue weighted by molar-refractivity contribution is 5.81. The van der Waals surface area contributed by atoms with Gasteiger partial charge in [-0.2, -0.15) is 0 Å². The second-order valence-electron chi connectivity index (χ2n) is 5.33. The van der Waals surface area contributed by atoms with E-state index in [0.717, 1.165) is 31.8 Å². The lowest BCUT2D eigenvalue weighted by Gasteiger charge is -2.20. The minimum absolute atomic E-state index is 0.0978. The van der Waals surface area contributed by atoms with Gasteiger partial charge < -0.3 is 10.1 Å². The van der Waals surface area contributed by atoms with Crippen LogP contribution in [0.1, 0.15) is 52.9 Å². The molecule has 18 heavy (non-hydrogen) atoms. The summed E-state index contributed by atoms with van der Waals surface area (Å²) >= 11 is 0. The zero-order valence-electron chi connectivity index (χ0n) is 11.8. The Balaban J connectivity index is 3.38. The van der Waals surface area contributed by atoms with Gasteiger partial charge >= 0.3 is 5.97 Å². The van der Waals surface area contributed by atoms with Crippen LogP contribution in [-0.4, -0.2) is 24.0 Å². The predicted molar refractivity (Wildman–Crippen MR) is 72.1 cm³/mol. The van der Waals surface area contributed by atoms with Gasteiger partial charge in [-0.15, -0.1) is 0 Å². The van der Waals surface area contributed by atoms with Gasteiger partial charge in [-0.1, -0.05) is 19.4 Å². The van der Waals surface area contributed by atoms with Crippen LogP contribution in [0.4, 0.5) is 0 Å². The molecule has 1 N–H and O–H groups in total. The van der Waals surface area contributed by atoms with Crippen LogP contribution in [0.15, 0.2) is 12.7 Å². The molecule has 0 aliphatic rings. The van der Waals surface area contributed by atoms with Crippen LogP contribution >= 0.6 is 0 Å². The Hall–Kier alpha value is -1.32. The highest BCUT2D eigenvalue weighted by Crippen LogP contribution is 2.05. The molecule has 0 unspecified atom stereocenters. The number of rotatable bonds is 8. The summed E-state index contributed by atoms with van der Waals surface area (Å²) in [5.74, 6) is -0.278. The van der Waals surface area contributed by atoms with Gasteiger partial charge in [-0.05, 0) is 33.6 Å². The van der Waals surface area contributed by atoms with Gasteiger partial charge in [-0.3, -0.25) is 4.79 Å². The van der Waals surface area contributed by atoms with Gasteiger partial charge in [0.15, 0.2) is 0 Å². The Kier molecular flexibility index (Phi) is 8.08. The number of unbranched alkanes of at least 4 members (excludes halogenated alkanes) is 3. The van der Waals surface area contributed by atoms with Crippen LogP contribution < -0.4 is 5.32 Å². The number of hydrogen-bond acceptors (Lipinski definition) is 3. The molecule has 0 radical (unpaired) electrons. The number of hydrogen-bond donors (Lipinski definition) is 1. The third kappa shape index (κ3) is 11.2. The standard InChI is InChI=1S/C14H25NO3/c1-5-13(17)18-11-9-7-6-8-10-12(16)15-14(2,3)4/h5H,1,6-11H2,2-4H3,(H,15,16). The molecule has 0 spiro atoms. The van der Waals surface area contributed by atoms with E-state index in [0.29, 0.717) is 13.0 Å². The van der Waals surface area contributed by atoms with Gasteiger partial charge in [0.2, 0.25) is 5.91 Å². The maximum atomic E-state index is 11.5. The molecule has 0 rings (SSSR count). The summed E-state index contributed by atoms with van der Waals surface area (Å²) in [5.41, 5.74) is -0.157. The van der Waals surface area contributed by atoms with E-state index < -0.39 is 0 Å². The molecule has 0 aliphatic carbocycles. The van der Waals surface area contributed by atoms with Gasteiger partial charge in [0.1, 0.15) is 0 Å². The van der Waals surface area contributed by atoms with Gasteiger partial charge in [-0.25, -0.2) is 4.79 Å². The molecule has 0 atom stereocenters. The molecule has 0 saturated carbocycles. The largest absolute Gasteiger partial charge is 0.463 e. The highest BCUT2D eigenvalue weighted by Gasteiger charge is 2.12. The van der Waals surface area contributed by atoms with E-state index in [-0.39, 0.29) is 17.4 Å². The van der Waals surface area contributed by atoms with Crippen LogP contribution in [0, 0.1) is 0 Å². The summed E-state index contributed by atoms with van der Waals surface area (Å²) in [5, 5.41) is 2.92. The van der Waals surface area contributed by atoms with Crippen molar-refractivity contribution in [3.63, 3.8) is 0 Å². The highest BCUT2D eigenvalue weighted by atomic mass is 16.5. The normalized spacial score (nSPS) is 10.8. The first-order valence-corrected chi connectivity index (χ1v) is 6.45. The predicted octanol–water partition coefficient (Wildman–Crippen LogP) is 2.58. The molecule has 0 aromatic carbocycles. The Bertz CT molecular complexity index is 279. The molecular formula is C14H25NO3. The first kappa shape index (κ1) is 16.7. The molecule has 4 heteroatoms. The lowest BCUT2D eigenvalue weighted by atomic mass is 10.1. The Labute approximate surface area is 110 Å². The van der Waals surface area contributed by atoms with Crippen molar-refractivity contribution in [2.24, 2.45) is 0 Å². The van der Waals surface area contributed by atoms with E-state index >= 15 is 0 Å². The fraction of sp³-hybridized carbons (Fsp3) is 0.714. The van der Waals surface area contributed by atoms with Crippen molar-refractivity contribution in [2.75, 3.05) is 6.61 Å². The first-order valence-electron chi connectivity index (χ1n) is 6.45. The average molecular weight is 255 g/mol. The van der Waals surface area contributed by atoms with Gasteiger partial charge in [0.25, 0.3) is 0 Å². The number of carbonyl (C=O) groups excluding carboxylic acids is 2. The summed E-state index contributed by atoms with van der Waals surface area (Å²) in [6.07, 6.45) is 5.37. The van der Waals surface area contributed by atoms with Crippen LogP contribution in [-0.2, 0) is 14.3 Å². The lowest BCUT2D eigenvalue weighted by molar-refractivity contribution is -0.137. The minimum atomic E-state index is -0.375. The molecule has 0 saturated heterocycles. The van der Waals surface area contributed by atoms with E-state index in [2.05, 4.69) is 11.9 Å². The summed E-state index contributed by atoms with van der Waals surface area (Å²) < 4.78 is 4.85. The van der Waals surface area contributed by atoms with E-state index in [4.69, 9.17) is 4.74 Å². The second-order valence-corrected chi connectivity index (χ2v) is 5.33.